The Hall–Kier alpha value is 0.160. The summed E-state index contributed by atoms with van der Waals surface area (Å²) in [5.74, 6) is 0. The highest BCUT2D eigenvalue weighted by Crippen LogP contribution is 2.34. The fraction of sp³-hybridized carbons (Fsp3) is 0.111. The fourth-order valence-electron chi connectivity index (χ4n) is 1.25. The van der Waals surface area contributed by atoms with Gasteiger partial charge in [0.2, 0.25) is 0 Å². The first-order chi connectivity index (χ1) is 6.22. The van der Waals surface area contributed by atoms with Crippen LogP contribution in [0.3, 0.4) is 0 Å². The molecule has 0 aliphatic heterocycles. The molecule has 0 amide bonds. The lowest BCUT2D eigenvalue weighted by molar-refractivity contribution is 0.283. The van der Waals surface area contributed by atoms with Crippen LogP contribution in [0.4, 0.5) is 0 Å². The van der Waals surface area contributed by atoms with Crippen molar-refractivity contribution in [3.63, 3.8) is 0 Å². The molecule has 0 spiro atoms. The Balaban J connectivity index is 2.83. The first-order valence-electron chi connectivity index (χ1n) is 3.69. The molecule has 0 saturated carbocycles. The van der Waals surface area contributed by atoms with Crippen LogP contribution in [0.2, 0.25) is 5.02 Å². The molecular weight excluding hydrogens is 319 g/mol. The Bertz CT molecular complexity index is 452. The van der Waals surface area contributed by atoms with Crippen LogP contribution in [0.25, 0.3) is 10.1 Å². The maximum absolute atomic E-state index is 9.09. The van der Waals surface area contributed by atoms with Crippen LogP contribution in [0.1, 0.15) is 5.56 Å². The molecule has 0 fully saturated rings. The van der Waals surface area contributed by atoms with Crippen molar-refractivity contribution in [1.82, 2.24) is 0 Å². The van der Waals surface area contributed by atoms with Gasteiger partial charge >= 0.3 is 0 Å². The number of rotatable bonds is 1. The second-order valence-corrected chi connectivity index (χ2v) is 6.01. The molecule has 0 bridgehead atoms. The van der Waals surface area contributed by atoms with Gasteiger partial charge in [0, 0.05) is 5.39 Å². The molecule has 0 atom stereocenters. The summed E-state index contributed by atoms with van der Waals surface area (Å²) >= 11 is 9.94. The van der Waals surface area contributed by atoms with Gasteiger partial charge in [-0.2, -0.15) is 0 Å². The van der Waals surface area contributed by atoms with Crippen LogP contribution in [-0.2, 0) is 6.61 Å². The summed E-state index contributed by atoms with van der Waals surface area (Å²) in [7, 11) is 0. The minimum absolute atomic E-state index is 0.0699. The van der Waals surface area contributed by atoms with Crippen molar-refractivity contribution in [3.8, 4) is 0 Å². The van der Waals surface area contributed by atoms with Gasteiger partial charge in [0.05, 0.1) is 19.2 Å². The number of aliphatic hydroxyl groups excluding tert-OH is 1. The second-order valence-electron chi connectivity index (χ2n) is 2.66. The molecule has 0 saturated heterocycles. The van der Waals surface area contributed by atoms with Crippen LogP contribution < -0.4 is 0 Å². The number of hydrogen-bond donors (Lipinski definition) is 1. The summed E-state index contributed by atoms with van der Waals surface area (Å²) in [5, 5.41) is 10.9. The van der Waals surface area contributed by atoms with Crippen molar-refractivity contribution in [2.24, 2.45) is 0 Å². The summed E-state index contributed by atoms with van der Waals surface area (Å²) in [6.45, 7) is 0.0699. The SMILES string of the molecule is OCc1ccc(Cl)c2sc(I)cc12. The smallest absolute Gasteiger partial charge is 0.0688 e. The van der Waals surface area contributed by atoms with Crippen molar-refractivity contribution in [3.05, 3.63) is 31.7 Å². The van der Waals surface area contributed by atoms with E-state index in [0.717, 1.165) is 20.7 Å². The van der Waals surface area contributed by atoms with Gasteiger partial charge in [0.1, 0.15) is 0 Å². The third kappa shape index (κ3) is 1.70. The molecule has 0 radical (unpaired) electrons. The number of halogens is 2. The monoisotopic (exact) mass is 324 g/mol. The van der Waals surface area contributed by atoms with E-state index < -0.39 is 0 Å². The van der Waals surface area contributed by atoms with Gasteiger partial charge in [-0.15, -0.1) is 11.3 Å². The van der Waals surface area contributed by atoms with Crippen molar-refractivity contribution in [2.45, 2.75) is 6.61 Å². The van der Waals surface area contributed by atoms with E-state index in [9.17, 15) is 0 Å². The molecule has 1 aromatic heterocycles. The van der Waals surface area contributed by atoms with Gasteiger partial charge < -0.3 is 5.11 Å². The Morgan fingerprint density at radius 1 is 1.46 bits per heavy atom. The molecule has 1 N–H and O–H groups in total. The van der Waals surface area contributed by atoms with Gasteiger partial charge in [0.25, 0.3) is 0 Å². The normalized spacial score (nSPS) is 11.0. The Morgan fingerprint density at radius 2 is 2.23 bits per heavy atom. The van der Waals surface area contributed by atoms with E-state index in [-0.39, 0.29) is 6.61 Å². The molecule has 2 rings (SSSR count). The molecule has 1 aromatic carbocycles. The lowest BCUT2D eigenvalue weighted by Gasteiger charge is -1.99. The van der Waals surface area contributed by atoms with Gasteiger partial charge in [-0.1, -0.05) is 17.7 Å². The summed E-state index contributed by atoms with van der Waals surface area (Å²) in [4.78, 5) is 0. The van der Waals surface area contributed by atoms with E-state index in [2.05, 4.69) is 28.7 Å². The van der Waals surface area contributed by atoms with Crippen LogP contribution in [0.5, 0.6) is 0 Å². The van der Waals surface area contributed by atoms with Gasteiger partial charge in [-0.3, -0.25) is 0 Å². The molecular formula is C9H6ClIOS. The van der Waals surface area contributed by atoms with Crippen molar-refractivity contribution in [2.75, 3.05) is 0 Å². The van der Waals surface area contributed by atoms with Gasteiger partial charge in [-0.25, -0.2) is 0 Å². The summed E-state index contributed by atoms with van der Waals surface area (Å²) in [5.41, 5.74) is 0.943. The molecule has 1 heterocycles. The second kappa shape index (κ2) is 3.73. The molecule has 0 aliphatic rings. The maximum atomic E-state index is 9.09. The average molecular weight is 325 g/mol. The van der Waals surface area contributed by atoms with E-state index in [4.69, 9.17) is 16.7 Å². The zero-order valence-corrected chi connectivity index (χ0v) is 10.3. The molecule has 0 unspecified atom stereocenters. The predicted octanol–water partition coefficient (Wildman–Crippen LogP) is 3.65. The number of hydrogen-bond acceptors (Lipinski definition) is 2. The van der Waals surface area contributed by atoms with Gasteiger partial charge in [0.15, 0.2) is 0 Å². The molecule has 2 aromatic rings. The van der Waals surface area contributed by atoms with Crippen LogP contribution in [0, 0.1) is 2.88 Å². The highest BCUT2D eigenvalue weighted by molar-refractivity contribution is 14.1. The first-order valence-corrected chi connectivity index (χ1v) is 5.97. The number of benzene rings is 1. The lowest BCUT2D eigenvalue weighted by Crippen LogP contribution is -1.82. The largest absolute Gasteiger partial charge is 0.392 e. The number of aliphatic hydroxyl groups is 1. The Morgan fingerprint density at radius 3 is 2.92 bits per heavy atom. The lowest BCUT2D eigenvalue weighted by atomic mass is 10.1. The summed E-state index contributed by atoms with van der Waals surface area (Å²) in [6.07, 6.45) is 0. The quantitative estimate of drug-likeness (QED) is 0.794. The maximum Gasteiger partial charge on any atom is 0.0688 e. The van der Waals surface area contributed by atoms with Crippen molar-refractivity contribution >= 4 is 55.6 Å². The van der Waals surface area contributed by atoms with E-state index in [1.165, 1.54) is 2.88 Å². The standard InChI is InChI=1S/C9H6ClIOS/c10-7-2-1-5(4-12)6-3-8(11)13-9(6)7/h1-3,12H,4H2. The molecule has 1 nitrogen and oxygen atoms in total. The molecule has 0 aliphatic carbocycles. The average Bonchev–Trinajstić information content (AvgIpc) is 2.48. The topological polar surface area (TPSA) is 20.2 Å². The third-order valence-corrected chi connectivity index (χ3v) is 4.22. The molecule has 68 valence electrons. The van der Waals surface area contributed by atoms with Crippen molar-refractivity contribution in [1.29, 1.82) is 0 Å². The van der Waals surface area contributed by atoms with Crippen LogP contribution in [0.15, 0.2) is 18.2 Å². The van der Waals surface area contributed by atoms with E-state index in [1.54, 1.807) is 11.3 Å². The van der Waals surface area contributed by atoms with Crippen LogP contribution >= 0.6 is 45.5 Å². The fourth-order valence-corrected chi connectivity index (χ4v) is 3.34. The highest BCUT2D eigenvalue weighted by Gasteiger charge is 2.07. The first kappa shape index (κ1) is 9.71. The van der Waals surface area contributed by atoms with E-state index >= 15 is 0 Å². The van der Waals surface area contributed by atoms with Crippen molar-refractivity contribution < 1.29 is 5.11 Å². The number of fused-ring (bicyclic) bond motifs is 1. The highest BCUT2D eigenvalue weighted by atomic mass is 127. The molecule has 13 heavy (non-hydrogen) atoms. The summed E-state index contributed by atoms with van der Waals surface area (Å²) < 4.78 is 2.26. The predicted molar refractivity (Wildman–Crippen MR) is 65.5 cm³/mol. The Kier molecular flexibility index (Phi) is 2.78. The third-order valence-electron chi connectivity index (χ3n) is 1.87. The van der Waals surface area contributed by atoms with Crippen LogP contribution in [-0.4, -0.2) is 5.11 Å². The zero-order valence-electron chi connectivity index (χ0n) is 6.55. The van der Waals surface area contributed by atoms with Gasteiger partial charge in [-0.05, 0) is 40.3 Å². The number of thiophene rings is 1. The minimum Gasteiger partial charge on any atom is -0.392 e. The van der Waals surface area contributed by atoms with E-state index in [1.807, 2.05) is 12.1 Å². The minimum atomic E-state index is 0.0699. The summed E-state index contributed by atoms with van der Waals surface area (Å²) in [6, 6.07) is 5.76. The Labute approximate surface area is 98.5 Å². The molecule has 4 heteroatoms. The van der Waals surface area contributed by atoms with E-state index in [0.29, 0.717) is 0 Å². The zero-order chi connectivity index (χ0) is 9.42.